The Balaban J connectivity index is 1.54. The van der Waals surface area contributed by atoms with Gasteiger partial charge in [-0.3, -0.25) is 14.4 Å². The number of carbonyl (C=O) groups is 3. The van der Waals surface area contributed by atoms with Crippen molar-refractivity contribution in [1.29, 1.82) is 0 Å². The molecule has 2 aromatic carbocycles. The molecule has 8 heteroatoms. The van der Waals surface area contributed by atoms with Gasteiger partial charge in [0, 0.05) is 34.9 Å². The van der Waals surface area contributed by atoms with Crippen LogP contribution < -0.4 is 20.3 Å². The van der Waals surface area contributed by atoms with E-state index in [0.717, 1.165) is 10.0 Å². The second-order valence-corrected chi connectivity index (χ2v) is 7.75. The van der Waals surface area contributed by atoms with Gasteiger partial charge in [0.25, 0.3) is 0 Å². The summed E-state index contributed by atoms with van der Waals surface area (Å²) in [4.78, 5) is 38.5. The lowest BCUT2D eigenvalue weighted by atomic mass is 10.1. The molecule has 0 aromatic heterocycles. The number of nitrogens with zero attached hydrogens (tertiary/aromatic N) is 1. The van der Waals surface area contributed by atoms with Crippen LogP contribution in [0.2, 0.25) is 0 Å². The van der Waals surface area contributed by atoms with Crippen molar-refractivity contribution in [2.45, 2.75) is 13.3 Å². The first-order chi connectivity index (χ1) is 13.9. The molecule has 0 saturated carbocycles. The molecule has 2 aromatic rings. The van der Waals surface area contributed by atoms with Gasteiger partial charge in [-0.15, -0.1) is 0 Å². The molecule has 1 heterocycles. The Morgan fingerprint density at radius 1 is 1.24 bits per heavy atom. The Bertz CT molecular complexity index is 947. The Morgan fingerprint density at radius 2 is 2.03 bits per heavy atom. The highest BCUT2D eigenvalue weighted by molar-refractivity contribution is 9.10. The zero-order valence-electron chi connectivity index (χ0n) is 16.2. The Labute approximate surface area is 177 Å². The molecule has 1 atom stereocenters. The quantitative estimate of drug-likeness (QED) is 0.694. The molecule has 1 aliphatic heterocycles. The van der Waals surface area contributed by atoms with E-state index in [4.69, 9.17) is 4.74 Å². The fraction of sp³-hybridized carbons (Fsp3) is 0.286. The van der Waals surface area contributed by atoms with E-state index in [1.807, 2.05) is 19.1 Å². The van der Waals surface area contributed by atoms with Crippen LogP contribution in [-0.2, 0) is 14.4 Å². The fourth-order valence-corrected chi connectivity index (χ4v) is 3.66. The summed E-state index contributed by atoms with van der Waals surface area (Å²) < 4.78 is 6.11. The van der Waals surface area contributed by atoms with Gasteiger partial charge in [-0.25, -0.2) is 0 Å². The Kier molecular flexibility index (Phi) is 6.53. The van der Waals surface area contributed by atoms with Gasteiger partial charge in [0.2, 0.25) is 17.7 Å². The van der Waals surface area contributed by atoms with Crippen molar-refractivity contribution in [3.05, 3.63) is 52.5 Å². The second-order valence-electron chi connectivity index (χ2n) is 6.83. The third kappa shape index (κ3) is 5.14. The summed E-state index contributed by atoms with van der Waals surface area (Å²) in [5.74, 6) is -0.628. The third-order valence-corrected chi connectivity index (χ3v) is 5.24. The lowest BCUT2D eigenvalue weighted by Gasteiger charge is -2.17. The van der Waals surface area contributed by atoms with E-state index in [9.17, 15) is 14.4 Å². The number of carbonyl (C=O) groups excluding carboxylic acids is 3. The van der Waals surface area contributed by atoms with Crippen LogP contribution in [0, 0.1) is 12.8 Å². The highest BCUT2D eigenvalue weighted by atomic mass is 79.9. The van der Waals surface area contributed by atoms with Crippen LogP contribution in [0.5, 0.6) is 5.75 Å². The minimum absolute atomic E-state index is 0.108. The predicted molar refractivity (Wildman–Crippen MR) is 114 cm³/mol. The van der Waals surface area contributed by atoms with E-state index in [0.29, 0.717) is 17.1 Å². The van der Waals surface area contributed by atoms with Crippen LogP contribution in [-0.4, -0.2) is 37.9 Å². The van der Waals surface area contributed by atoms with Gasteiger partial charge < -0.3 is 20.3 Å². The molecule has 152 valence electrons. The summed E-state index contributed by atoms with van der Waals surface area (Å²) in [5.41, 5.74) is 2.29. The second kappa shape index (κ2) is 9.09. The zero-order chi connectivity index (χ0) is 21.0. The number of aryl methyl sites for hydroxylation is 1. The molecular formula is C21H22BrN3O4. The molecule has 0 bridgehead atoms. The zero-order valence-corrected chi connectivity index (χ0v) is 17.8. The van der Waals surface area contributed by atoms with Crippen LogP contribution in [0.25, 0.3) is 0 Å². The Hall–Kier alpha value is -2.87. The first-order valence-corrected chi connectivity index (χ1v) is 9.95. The van der Waals surface area contributed by atoms with Crippen LogP contribution in [0.15, 0.2) is 46.9 Å². The minimum atomic E-state index is -0.504. The number of hydrogen-bond acceptors (Lipinski definition) is 4. The smallest absolute Gasteiger partial charge is 0.243 e. The highest BCUT2D eigenvalue weighted by Gasteiger charge is 2.35. The standard InChI is InChI=1S/C21H22BrN3O4/c1-13-8-15(22)6-7-18(13)24-19(26)11-23-21(28)14-9-20(27)25(12-14)16-4-3-5-17(10-16)29-2/h3-8,10,14H,9,11-12H2,1-2H3,(H,23,28)(H,24,26)/t14-/m0/s1. The molecule has 0 spiro atoms. The largest absolute Gasteiger partial charge is 0.497 e. The van der Waals surface area contributed by atoms with Crippen molar-refractivity contribution >= 4 is 45.0 Å². The van der Waals surface area contributed by atoms with Crippen LogP contribution in [0.3, 0.4) is 0 Å². The number of nitrogens with one attached hydrogen (secondary N) is 2. The maximum absolute atomic E-state index is 12.5. The van der Waals surface area contributed by atoms with Crippen molar-refractivity contribution in [1.82, 2.24) is 5.32 Å². The highest BCUT2D eigenvalue weighted by Crippen LogP contribution is 2.28. The van der Waals surface area contributed by atoms with E-state index >= 15 is 0 Å². The molecule has 3 rings (SSSR count). The van der Waals surface area contributed by atoms with Gasteiger partial charge >= 0.3 is 0 Å². The molecule has 29 heavy (non-hydrogen) atoms. The van der Waals surface area contributed by atoms with E-state index in [2.05, 4.69) is 26.6 Å². The van der Waals surface area contributed by atoms with Gasteiger partial charge in [0.05, 0.1) is 19.6 Å². The number of hydrogen-bond donors (Lipinski definition) is 2. The fourth-order valence-electron chi connectivity index (χ4n) is 3.18. The van der Waals surface area contributed by atoms with Gasteiger partial charge in [-0.05, 0) is 42.8 Å². The summed E-state index contributed by atoms with van der Waals surface area (Å²) in [6.07, 6.45) is 0.108. The van der Waals surface area contributed by atoms with Gasteiger partial charge in [0.15, 0.2) is 0 Å². The maximum atomic E-state index is 12.5. The molecular weight excluding hydrogens is 438 g/mol. The molecule has 0 unspecified atom stereocenters. The number of anilines is 2. The van der Waals surface area contributed by atoms with Crippen molar-refractivity contribution in [3.63, 3.8) is 0 Å². The van der Waals surface area contributed by atoms with Crippen LogP contribution >= 0.6 is 15.9 Å². The summed E-state index contributed by atoms with van der Waals surface area (Å²) in [6.45, 7) is 2.00. The molecule has 2 N–H and O–H groups in total. The number of methoxy groups -OCH3 is 1. The maximum Gasteiger partial charge on any atom is 0.243 e. The summed E-state index contributed by atoms with van der Waals surface area (Å²) >= 11 is 3.38. The van der Waals surface area contributed by atoms with E-state index in [1.54, 1.807) is 42.3 Å². The topological polar surface area (TPSA) is 87.7 Å². The number of halogens is 1. The first kappa shape index (κ1) is 20.9. The molecule has 3 amide bonds. The van der Waals surface area contributed by atoms with E-state index in [1.165, 1.54) is 0 Å². The van der Waals surface area contributed by atoms with Crippen molar-refractivity contribution in [2.75, 3.05) is 30.4 Å². The third-order valence-electron chi connectivity index (χ3n) is 4.75. The molecule has 0 radical (unpaired) electrons. The predicted octanol–water partition coefficient (Wildman–Crippen LogP) is 2.87. The SMILES string of the molecule is COc1cccc(N2C[C@@H](C(=O)NCC(=O)Nc3ccc(Br)cc3C)CC2=O)c1. The normalized spacial score (nSPS) is 15.9. The lowest BCUT2D eigenvalue weighted by Crippen LogP contribution is -2.38. The van der Waals surface area contributed by atoms with Gasteiger partial charge in [-0.2, -0.15) is 0 Å². The molecule has 0 aliphatic carbocycles. The lowest BCUT2D eigenvalue weighted by molar-refractivity contribution is -0.127. The molecule has 7 nitrogen and oxygen atoms in total. The summed E-state index contributed by atoms with van der Waals surface area (Å²) in [7, 11) is 1.56. The molecule has 1 aliphatic rings. The number of rotatable bonds is 6. The summed E-state index contributed by atoms with van der Waals surface area (Å²) in [5, 5.41) is 5.40. The number of ether oxygens (including phenoxy) is 1. The van der Waals surface area contributed by atoms with Crippen LogP contribution in [0.4, 0.5) is 11.4 Å². The average Bonchev–Trinajstić information content (AvgIpc) is 3.10. The van der Waals surface area contributed by atoms with Crippen LogP contribution in [0.1, 0.15) is 12.0 Å². The summed E-state index contributed by atoms with van der Waals surface area (Å²) in [6, 6.07) is 12.7. The van der Waals surface area contributed by atoms with E-state index in [-0.39, 0.29) is 37.2 Å². The van der Waals surface area contributed by atoms with E-state index < -0.39 is 5.92 Å². The monoisotopic (exact) mass is 459 g/mol. The molecule has 1 saturated heterocycles. The van der Waals surface area contributed by atoms with Crippen molar-refractivity contribution in [2.24, 2.45) is 5.92 Å². The average molecular weight is 460 g/mol. The van der Waals surface area contributed by atoms with Gasteiger partial charge in [-0.1, -0.05) is 22.0 Å². The number of benzene rings is 2. The Morgan fingerprint density at radius 3 is 2.76 bits per heavy atom. The minimum Gasteiger partial charge on any atom is -0.497 e. The van der Waals surface area contributed by atoms with Crippen molar-refractivity contribution < 1.29 is 19.1 Å². The number of amides is 3. The first-order valence-electron chi connectivity index (χ1n) is 9.15. The van der Waals surface area contributed by atoms with Crippen molar-refractivity contribution in [3.8, 4) is 5.75 Å². The van der Waals surface area contributed by atoms with Gasteiger partial charge in [0.1, 0.15) is 5.75 Å². The molecule has 1 fully saturated rings.